The molecule has 0 atom stereocenters. The average molecular weight is 281 g/mol. The van der Waals surface area contributed by atoms with Gasteiger partial charge in [0.15, 0.2) is 5.78 Å². The van der Waals surface area contributed by atoms with Crippen LogP contribution in [0, 0.1) is 0 Å². The number of carbonyl (C=O) groups is 1. The molecule has 0 bridgehead atoms. The van der Waals surface area contributed by atoms with E-state index in [1.165, 1.54) is 24.3 Å². The van der Waals surface area contributed by atoms with Gasteiger partial charge in [0.25, 0.3) is 0 Å². The van der Waals surface area contributed by atoms with E-state index < -0.39 is 17.5 Å². The molecule has 0 heterocycles. The molecular weight excluding hydrogens is 271 g/mol. The Kier molecular flexibility index (Phi) is 3.40. The number of carbonyl (C=O) groups excluding carboxylic acids is 1. The molecule has 104 valence electrons. The lowest BCUT2D eigenvalue weighted by Crippen LogP contribution is -2.10. The van der Waals surface area contributed by atoms with E-state index in [9.17, 15) is 18.0 Å². The third-order valence-corrected chi connectivity index (χ3v) is 2.75. The Balaban J connectivity index is 2.46. The number of halogens is 3. The third-order valence-electron chi connectivity index (χ3n) is 2.75. The van der Waals surface area contributed by atoms with E-state index in [4.69, 9.17) is 10.8 Å². The molecule has 0 aliphatic rings. The minimum absolute atomic E-state index is 0.0314. The number of aromatic hydroxyl groups is 1. The van der Waals surface area contributed by atoms with Gasteiger partial charge in [0.05, 0.1) is 5.56 Å². The summed E-state index contributed by atoms with van der Waals surface area (Å²) in [5.74, 6) is -0.674. The van der Waals surface area contributed by atoms with E-state index in [0.29, 0.717) is 0 Å². The minimum atomic E-state index is -4.54. The largest absolute Gasteiger partial charge is 0.508 e. The number of nitrogen functional groups attached to an aromatic ring is 1. The Morgan fingerprint density at radius 2 is 1.65 bits per heavy atom. The number of hydrogen-bond donors (Lipinski definition) is 2. The number of alkyl halides is 3. The summed E-state index contributed by atoms with van der Waals surface area (Å²) in [6.45, 7) is 0. The number of ketones is 1. The van der Waals surface area contributed by atoms with Crippen LogP contribution in [0.4, 0.5) is 18.9 Å². The quantitative estimate of drug-likeness (QED) is 0.656. The van der Waals surface area contributed by atoms with Crippen molar-refractivity contribution in [2.75, 3.05) is 5.73 Å². The predicted molar refractivity (Wildman–Crippen MR) is 67.4 cm³/mol. The first-order valence-electron chi connectivity index (χ1n) is 5.59. The summed E-state index contributed by atoms with van der Waals surface area (Å²) in [5.41, 5.74) is 4.53. The lowest BCUT2D eigenvalue weighted by Gasteiger charge is -2.10. The smallest absolute Gasteiger partial charge is 0.416 e. The standard InChI is InChI=1S/C14H10F3NO2/c15-14(16,17)9-3-6-12(18)11(7-9)13(20)8-1-4-10(19)5-2-8/h1-7,19H,18H2. The molecule has 2 aromatic carbocycles. The molecule has 20 heavy (non-hydrogen) atoms. The fourth-order valence-corrected chi connectivity index (χ4v) is 1.70. The number of hydrogen-bond acceptors (Lipinski definition) is 3. The highest BCUT2D eigenvalue weighted by Gasteiger charge is 2.31. The molecule has 0 aliphatic carbocycles. The second-order valence-corrected chi connectivity index (χ2v) is 4.18. The maximum absolute atomic E-state index is 12.6. The van der Waals surface area contributed by atoms with Crippen molar-refractivity contribution in [3.8, 4) is 5.75 Å². The van der Waals surface area contributed by atoms with E-state index >= 15 is 0 Å². The molecule has 6 heteroatoms. The Labute approximate surface area is 112 Å². The van der Waals surface area contributed by atoms with Crippen LogP contribution in [0.1, 0.15) is 21.5 Å². The second kappa shape index (κ2) is 4.88. The van der Waals surface area contributed by atoms with Crippen LogP contribution in [0.15, 0.2) is 42.5 Å². The number of phenolic OH excluding ortho intramolecular Hbond substituents is 1. The zero-order chi connectivity index (χ0) is 14.9. The molecule has 0 spiro atoms. The van der Waals surface area contributed by atoms with Gasteiger partial charge in [-0.1, -0.05) is 0 Å². The zero-order valence-electron chi connectivity index (χ0n) is 10.1. The fraction of sp³-hybridized carbons (Fsp3) is 0.0714. The van der Waals surface area contributed by atoms with Crippen LogP contribution in [0.3, 0.4) is 0 Å². The first kappa shape index (κ1) is 13.9. The number of phenols is 1. The van der Waals surface area contributed by atoms with Gasteiger partial charge in [0.2, 0.25) is 0 Å². The van der Waals surface area contributed by atoms with Crippen molar-refractivity contribution in [3.05, 3.63) is 59.2 Å². The molecular formula is C14H10F3NO2. The summed E-state index contributed by atoms with van der Waals surface area (Å²) in [5, 5.41) is 9.13. The van der Waals surface area contributed by atoms with Gasteiger partial charge in [-0.25, -0.2) is 0 Å². The molecule has 0 unspecified atom stereocenters. The molecule has 2 rings (SSSR count). The monoisotopic (exact) mass is 281 g/mol. The van der Waals surface area contributed by atoms with E-state index in [1.807, 2.05) is 0 Å². The van der Waals surface area contributed by atoms with Gasteiger partial charge in [-0.3, -0.25) is 4.79 Å². The summed E-state index contributed by atoms with van der Waals surface area (Å²) in [6, 6.07) is 7.78. The molecule has 0 saturated heterocycles. The van der Waals surface area contributed by atoms with Gasteiger partial charge in [0, 0.05) is 16.8 Å². The fourth-order valence-electron chi connectivity index (χ4n) is 1.70. The normalized spacial score (nSPS) is 11.3. The number of rotatable bonds is 2. The number of nitrogens with two attached hydrogens (primary N) is 1. The first-order valence-corrected chi connectivity index (χ1v) is 5.59. The summed E-state index contributed by atoms with van der Waals surface area (Å²) >= 11 is 0. The van der Waals surface area contributed by atoms with Crippen LogP contribution < -0.4 is 5.73 Å². The summed E-state index contributed by atoms with van der Waals surface area (Å²) in [4.78, 5) is 12.1. The van der Waals surface area contributed by atoms with Crippen molar-refractivity contribution >= 4 is 11.5 Å². The van der Waals surface area contributed by atoms with Crippen molar-refractivity contribution < 1.29 is 23.1 Å². The highest BCUT2D eigenvalue weighted by atomic mass is 19.4. The average Bonchev–Trinajstić information content (AvgIpc) is 2.38. The summed E-state index contributed by atoms with van der Waals surface area (Å²) < 4.78 is 37.9. The maximum Gasteiger partial charge on any atom is 0.416 e. The van der Waals surface area contributed by atoms with Gasteiger partial charge in [-0.2, -0.15) is 13.2 Å². The molecule has 3 N–H and O–H groups in total. The summed E-state index contributed by atoms with van der Waals surface area (Å²) in [6.07, 6.45) is -4.54. The first-order chi connectivity index (χ1) is 9.29. The SMILES string of the molecule is Nc1ccc(C(F)(F)F)cc1C(=O)c1ccc(O)cc1. The Morgan fingerprint density at radius 1 is 1.05 bits per heavy atom. The van der Waals surface area contributed by atoms with Gasteiger partial charge < -0.3 is 10.8 Å². The molecule has 0 fully saturated rings. The Hall–Kier alpha value is -2.50. The van der Waals surface area contributed by atoms with Crippen LogP contribution >= 0.6 is 0 Å². The van der Waals surface area contributed by atoms with Gasteiger partial charge in [0.1, 0.15) is 5.75 Å². The van der Waals surface area contributed by atoms with E-state index in [1.54, 1.807) is 0 Å². The number of anilines is 1. The van der Waals surface area contributed by atoms with Gasteiger partial charge >= 0.3 is 6.18 Å². The predicted octanol–water partition coefficient (Wildman–Crippen LogP) is 3.22. The van der Waals surface area contributed by atoms with Crippen LogP contribution in [-0.2, 0) is 6.18 Å². The number of benzene rings is 2. The molecule has 2 aromatic rings. The minimum Gasteiger partial charge on any atom is -0.508 e. The molecule has 0 amide bonds. The van der Waals surface area contributed by atoms with Crippen molar-refractivity contribution in [2.45, 2.75) is 6.18 Å². The van der Waals surface area contributed by atoms with Crippen LogP contribution in [0.5, 0.6) is 5.75 Å². The van der Waals surface area contributed by atoms with Crippen LogP contribution in [-0.4, -0.2) is 10.9 Å². The van der Waals surface area contributed by atoms with E-state index in [2.05, 4.69) is 0 Å². The lowest BCUT2D eigenvalue weighted by atomic mass is 9.99. The van der Waals surface area contributed by atoms with Crippen molar-refractivity contribution in [1.82, 2.24) is 0 Å². The maximum atomic E-state index is 12.6. The topological polar surface area (TPSA) is 63.3 Å². The highest BCUT2D eigenvalue weighted by molar-refractivity contribution is 6.12. The summed E-state index contributed by atoms with van der Waals surface area (Å²) in [7, 11) is 0. The van der Waals surface area contributed by atoms with E-state index in [0.717, 1.165) is 18.2 Å². The second-order valence-electron chi connectivity index (χ2n) is 4.18. The molecule has 0 aromatic heterocycles. The van der Waals surface area contributed by atoms with Crippen LogP contribution in [0.2, 0.25) is 0 Å². The molecule has 0 aliphatic heterocycles. The van der Waals surface area contributed by atoms with Gasteiger partial charge in [-0.05, 0) is 42.5 Å². The van der Waals surface area contributed by atoms with Gasteiger partial charge in [-0.15, -0.1) is 0 Å². The molecule has 3 nitrogen and oxygen atoms in total. The molecule has 0 radical (unpaired) electrons. The van der Waals surface area contributed by atoms with Crippen molar-refractivity contribution in [2.24, 2.45) is 0 Å². The molecule has 0 saturated carbocycles. The third kappa shape index (κ3) is 2.74. The van der Waals surface area contributed by atoms with E-state index in [-0.39, 0.29) is 22.6 Å². The van der Waals surface area contributed by atoms with Crippen LogP contribution in [0.25, 0.3) is 0 Å². The van der Waals surface area contributed by atoms with Crippen molar-refractivity contribution in [3.63, 3.8) is 0 Å². The highest BCUT2D eigenvalue weighted by Crippen LogP contribution is 2.32. The Morgan fingerprint density at radius 3 is 2.20 bits per heavy atom. The lowest BCUT2D eigenvalue weighted by molar-refractivity contribution is -0.137. The zero-order valence-corrected chi connectivity index (χ0v) is 10.1. The Bertz CT molecular complexity index is 648. The van der Waals surface area contributed by atoms with Crippen molar-refractivity contribution in [1.29, 1.82) is 0 Å².